The molecule has 1 aromatic rings. The number of rotatable bonds is 5. The predicted octanol–water partition coefficient (Wildman–Crippen LogP) is 2.19. The molecule has 1 aromatic heterocycles. The first-order chi connectivity index (χ1) is 8.71. The van der Waals surface area contributed by atoms with Gasteiger partial charge >= 0.3 is 5.97 Å². The van der Waals surface area contributed by atoms with Gasteiger partial charge in [-0.3, -0.25) is 10.00 Å². The highest BCUT2D eigenvalue weighted by atomic mass is 79.9. The van der Waals surface area contributed by atoms with Gasteiger partial charge in [0.15, 0.2) is 0 Å². The van der Waals surface area contributed by atoms with Gasteiger partial charge in [0.05, 0.1) is 23.8 Å². The summed E-state index contributed by atoms with van der Waals surface area (Å²) in [5, 5.41) is 7.70. The summed E-state index contributed by atoms with van der Waals surface area (Å²) in [6, 6.07) is 0.171. The van der Waals surface area contributed by atoms with E-state index in [0.29, 0.717) is 6.54 Å². The lowest BCUT2D eigenvalue weighted by molar-refractivity contribution is -0.149. The normalized spacial score (nSPS) is 14.5. The fraction of sp³-hybridized carbons (Fsp3) is 0.692. The Bertz CT molecular complexity index is 471. The molecule has 1 atom stereocenters. The van der Waals surface area contributed by atoms with Gasteiger partial charge in [-0.25, -0.2) is 4.79 Å². The number of aryl methyl sites for hydroxylation is 1. The standard InChI is InChI=1S/C13H22BrN3O2/c1-8(2)15-13(5,12(18)19-6)7-17-10(4)11(14)9(3)16-17/h8,15H,7H2,1-6H3. The van der Waals surface area contributed by atoms with Crippen LogP contribution in [0.3, 0.4) is 0 Å². The molecule has 0 saturated carbocycles. The van der Waals surface area contributed by atoms with E-state index >= 15 is 0 Å². The SMILES string of the molecule is COC(=O)C(C)(Cn1nc(C)c(Br)c1C)NC(C)C. The molecule has 1 heterocycles. The number of ether oxygens (including phenoxy) is 1. The molecule has 6 heteroatoms. The molecule has 0 aliphatic carbocycles. The fourth-order valence-electron chi connectivity index (χ4n) is 2.16. The molecule has 1 unspecified atom stereocenters. The lowest BCUT2D eigenvalue weighted by Gasteiger charge is -2.30. The molecule has 0 fully saturated rings. The summed E-state index contributed by atoms with van der Waals surface area (Å²) < 4.78 is 7.71. The van der Waals surface area contributed by atoms with Gasteiger partial charge in [0.25, 0.3) is 0 Å². The molecule has 0 aliphatic heterocycles. The van der Waals surface area contributed by atoms with E-state index in [1.54, 1.807) is 0 Å². The average Bonchev–Trinajstić information content (AvgIpc) is 2.54. The lowest BCUT2D eigenvalue weighted by Crippen LogP contribution is -2.55. The van der Waals surface area contributed by atoms with Crippen LogP contribution in [-0.4, -0.2) is 34.4 Å². The van der Waals surface area contributed by atoms with E-state index in [1.165, 1.54) is 7.11 Å². The first kappa shape index (κ1) is 16.2. The zero-order valence-electron chi connectivity index (χ0n) is 12.4. The first-order valence-electron chi connectivity index (χ1n) is 6.27. The van der Waals surface area contributed by atoms with E-state index < -0.39 is 5.54 Å². The van der Waals surface area contributed by atoms with Crippen molar-refractivity contribution in [1.82, 2.24) is 15.1 Å². The van der Waals surface area contributed by atoms with Crippen LogP contribution in [0.5, 0.6) is 0 Å². The molecule has 108 valence electrons. The summed E-state index contributed by atoms with van der Waals surface area (Å²) in [5.74, 6) is -0.287. The maximum absolute atomic E-state index is 12.0. The zero-order valence-corrected chi connectivity index (χ0v) is 14.0. The van der Waals surface area contributed by atoms with Crippen molar-refractivity contribution in [3.8, 4) is 0 Å². The third kappa shape index (κ3) is 3.57. The number of hydrogen-bond donors (Lipinski definition) is 1. The number of nitrogens with zero attached hydrogens (tertiary/aromatic N) is 2. The molecule has 0 aromatic carbocycles. The van der Waals surface area contributed by atoms with Gasteiger partial charge in [-0.15, -0.1) is 0 Å². The molecule has 0 amide bonds. The smallest absolute Gasteiger partial charge is 0.327 e. The summed E-state index contributed by atoms with van der Waals surface area (Å²) in [6.07, 6.45) is 0. The van der Waals surface area contributed by atoms with Gasteiger partial charge < -0.3 is 4.74 Å². The van der Waals surface area contributed by atoms with Gasteiger partial charge in [-0.05, 0) is 50.5 Å². The van der Waals surface area contributed by atoms with Crippen LogP contribution in [-0.2, 0) is 16.1 Å². The van der Waals surface area contributed by atoms with Crippen molar-refractivity contribution >= 4 is 21.9 Å². The van der Waals surface area contributed by atoms with Gasteiger partial charge in [-0.1, -0.05) is 0 Å². The highest BCUT2D eigenvalue weighted by Crippen LogP contribution is 2.22. The van der Waals surface area contributed by atoms with Crippen LogP contribution in [0.1, 0.15) is 32.2 Å². The van der Waals surface area contributed by atoms with Gasteiger partial charge in [0.2, 0.25) is 0 Å². The summed E-state index contributed by atoms with van der Waals surface area (Å²) in [6.45, 7) is 10.2. The van der Waals surface area contributed by atoms with E-state index in [2.05, 4.69) is 26.3 Å². The van der Waals surface area contributed by atoms with Crippen LogP contribution >= 0.6 is 15.9 Å². The Hall–Kier alpha value is -0.880. The van der Waals surface area contributed by atoms with Crippen LogP contribution < -0.4 is 5.32 Å². The molecular formula is C13H22BrN3O2. The van der Waals surface area contributed by atoms with Crippen molar-refractivity contribution in [2.45, 2.75) is 52.7 Å². The minimum Gasteiger partial charge on any atom is -0.468 e. The number of carbonyl (C=O) groups is 1. The highest BCUT2D eigenvalue weighted by Gasteiger charge is 2.36. The summed E-state index contributed by atoms with van der Waals surface area (Å²) in [4.78, 5) is 12.0. The summed E-state index contributed by atoms with van der Waals surface area (Å²) in [7, 11) is 1.40. The zero-order chi connectivity index (χ0) is 14.8. The van der Waals surface area contributed by atoms with Crippen molar-refractivity contribution < 1.29 is 9.53 Å². The number of methoxy groups -OCH3 is 1. The van der Waals surface area contributed by atoms with Crippen LogP contribution in [0, 0.1) is 13.8 Å². The Morgan fingerprint density at radius 1 is 1.53 bits per heavy atom. The summed E-state index contributed by atoms with van der Waals surface area (Å²) >= 11 is 3.49. The molecule has 0 bridgehead atoms. The van der Waals surface area contributed by atoms with Crippen molar-refractivity contribution in [1.29, 1.82) is 0 Å². The summed E-state index contributed by atoms with van der Waals surface area (Å²) in [5.41, 5.74) is 1.11. The second kappa shape index (κ2) is 6.05. The largest absolute Gasteiger partial charge is 0.468 e. The number of halogens is 1. The minimum atomic E-state index is -0.800. The Balaban J connectivity index is 3.07. The Morgan fingerprint density at radius 2 is 2.11 bits per heavy atom. The molecular weight excluding hydrogens is 310 g/mol. The third-order valence-electron chi connectivity index (χ3n) is 3.00. The van der Waals surface area contributed by atoms with Gasteiger partial charge in [0.1, 0.15) is 5.54 Å². The van der Waals surface area contributed by atoms with Crippen LogP contribution in [0.15, 0.2) is 4.47 Å². The quantitative estimate of drug-likeness (QED) is 0.840. The van der Waals surface area contributed by atoms with Gasteiger partial charge in [0, 0.05) is 11.7 Å². The third-order valence-corrected chi connectivity index (χ3v) is 4.15. The monoisotopic (exact) mass is 331 g/mol. The maximum atomic E-state index is 12.0. The van der Waals surface area contributed by atoms with Crippen LogP contribution in [0.25, 0.3) is 0 Å². The Morgan fingerprint density at radius 3 is 2.47 bits per heavy atom. The molecule has 1 N–H and O–H groups in total. The van der Waals surface area contributed by atoms with Crippen molar-refractivity contribution in [2.24, 2.45) is 0 Å². The van der Waals surface area contributed by atoms with Crippen LogP contribution in [0.4, 0.5) is 0 Å². The van der Waals surface area contributed by atoms with E-state index in [4.69, 9.17) is 4.74 Å². The number of hydrogen-bond acceptors (Lipinski definition) is 4. The number of aromatic nitrogens is 2. The average molecular weight is 332 g/mol. The number of carbonyl (C=O) groups excluding carboxylic acids is 1. The second-order valence-corrected chi connectivity index (χ2v) is 6.06. The highest BCUT2D eigenvalue weighted by molar-refractivity contribution is 9.10. The minimum absolute atomic E-state index is 0.171. The van der Waals surface area contributed by atoms with E-state index in [1.807, 2.05) is 39.3 Å². The molecule has 0 saturated heterocycles. The molecule has 5 nitrogen and oxygen atoms in total. The predicted molar refractivity (Wildman–Crippen MR) is 78.1 cm³/mol. The topological polar surface area (TPSA) is 56.2 Å². The molecule has 0 radical (unpaired) electrons. The fourth-order valence-corrected chi connectivity index (χ4v) is 2.44. The molecule has 0 spiro atoms. The van der Waals surface area contributed by atoms with E-state index in [-0.39, 0.29) is 12.0 Å². The molecule has 19 heavy (non-hydrogen) atoms. The van der Waals surface area contributed by atoms with Gasteiger partial charge in [-0.2, -0.15) is 5.10 Å². The molecule has 0 aliphatic rings. The Labute approximate surface area is 122 Å². The van der Waals surface area contributed by atoms with Crippen molar-refractivity contribution in [3.63, 3.8) is 0 Å². The number of nitrogens with one attached hydrogen (secondary N) is 1. The second-order valence-electron chi connectivity index (χ2n) is 5.27. The number of esters is 1. The van der Waals surface area contributed by atoms with Crippen molar-refractivity contribution in [2.75, 3.05) is 7.11 Å². The first-order valence-corrected chi connectivity index (χ1v) is 7.06. The maximum Gasteiger partial charge on any atom is 0.327 e. The van der Waals surface area contributed by atoms with Crippen molar-refractivity contribution in [3.05, 3.63) is 15.9 Å². The van der Waals surface area contributed by atoms with E-state index in [9.17, 15) is 4.79 Å². The van der Waals surface area contributed by atoms with Crippen LogP contribution in [0.2, 0.25) is 0 Å². The lowest BCUT2D eigenvalue weighted by atomic mass is 10.0. The molecule has 1 rings (SSSR count). The Kier molecular flexibility index (Phi) is 5.15. The van der Waals surface area contributed by atoms with E-state index in [0.717, 1.165) is 15.9 Å².